The molecular formula is C20H23FN4O. The lowest BCUT2D eigenvalue weighted by Gasteiger charge is -2.18. The topological polar surface area (TPSA) is 40.9 Å². The Morgan fingerprint density at radius 2 is 1.85 bits per heavy atom. The standard InChI is InChI=1S/C20H23FN4O/c1-23(2)11-5-12-24(3)20(26)17-6-4-13-25-14-18(22-19(17)25)15-7-9-16(21)10-8-15/h4,6-10,13-14H,5,11-12H2,1-3H3. The molecule has 26 heavy (non-hydrogen) atoms. The van der Waals surface area contributed by atoms with E-state index < -0.39 is 0 Å². The summed E-state index contributed by atoms with van der Waals surface area (Å²) in [5.41, 5.74) is 2.69. The van der Waals surface area contributed by atoms with E-state index >= 15 is 0 Å². The molecule has 0 radical (unpaired) electrons. The van der Waals surface area contributed by atoms with Gasteiger partial charge in [0, 0.05) is 31.5 Å². The Kier molecular flexibility index (Phi) is 5.32. The maximum absolute atomic E-state index is 13.1. The predicted octanol–water partition coefficient (Wildman–Crippen LogP) is 3.16. The van der Waals surface area contributed by atoms with Gasteiger partial charge in [-0.05, 0) is 63.5 Å². The van der Waals surface area contributed by atoms with Gasteiger partial charge in [0.05, 0.1) is 11.3 Å². The number of carbonyl (C=O) groups excluding carboxylic acids is 1. The summed E-state index contributed by atoms with van der Waals surface area (Å²) in [6.45, 7) is 1.61. The van der Waals surface area contributed by atoms with Gasteiger partial charge in [0.2, 0.25) is 0 Å². The molecule has 2 aromatic heterocycles. The molecule has 5 nitrogen and oxygen atoms in total. The van der Waals surface area contributed by atoms with Crippen molar-refractivity contribution in [2.75, 3.05) is 34.2 Å². The number of hydrogen-bond donors (Lipinski definition) is 0. The quantitative estimate of drug-likeness (QED) is 0.683. The Bertz CT molecular complexity index is 902. The molecule has 0 saturated carbocycles. The van der Waals surface area contributed by atoms with E-state index in [1.807, 2.05) is 44.0 Å². The number of imidazole rings is 1. The number of hydrogen-bond acceptors (Lipinski definition) is 3. The lowest BCUT2D eigenvalue weighted by atomic mass is 10.2. The minimum Gasteiger partial charge on any atom is -0.342 e. The maximum atomic E-state index is 13.1. The maximum Gasteiger partial charge on any atom is 0.257 e. The molecule has 1 amide bonds. The summed E-state index contributed by atoms with van der Waals surface area (Å²) in [6.07, 6.45) is 4.62. The van der Waals surface area contributed by atoms with E-state index in [9.17, 15) is 9.18 Å². The Hall–Kier alpha value is -2.73. The van der Waals surface area contributed by atoms with Crippen molar-refractivity contribution in [3.8, 4) is 11.3 Å². The second-order valence-corrected chi connectivity index (χ2v) is 6.67. The summed E-state index contributed by atoms with van der Waals surface area (Å²) < 4.78 is 15.0. The van der Waals surface area contributed by atoms with Crippen molar-refractivity contribution in [3.05, 3.63) is 60.2 Å². The minimum absolute atomic E-state index is 0.0504. The van der Waals surface area contributed by atoms with Gasteiger partial charge in [0.1, 0.15) is 11.5 Å². The van der Waals surface area contributed by atoms with Crippen LogP contribution < -0.4 is 0 Å². The predicted molar refractivity (Wildman–Crippen MR) is 101 cm³/mol. The van der Waals surface area contributed by atoms with Crippen LogP contribution in [0.1, 0.15) is 16.8 Å². The Morgan fingerprint density at radius 1 is 1.12 bits per heavy atom. The SMILES string of the molecule is CN(C)CCCN(C)C(=O)c1cccn2cc(-c3ccc(F)cc3)nc12. The zero-order chi connectivity index (χ0) is 18.7. The zero-order valence-corrected chi connectivity index (χ0v) is 15.3. The fraction of sp³-hybridized carbons (Fsp3) is 0.300. The van der Waals surface area contributed by atoms with Crippen molar-refractivity contribution in [1.82, 2.24) is 19.2 Å². The molecule has 0 fully saturated rings. The molecule has 0 bridgehead atoms. The normalized spacial score (nSPS) is 11.3. The van der Waals surface area contributed by atoms with Crippen LogP contribution in [0.25, 0.3) is 16.9 Å². The Labute approximate surface area is 152 Å². The van der Waals surface area contributed by atoms with Crippen LogP contribution in [-0.2, 0) is 0 Å². The van der Waals surface area contributed by atoms with Gasteiger partial charge in [-0.2, -0.15) is 0 Å². The highest BCUT2D eigenvalue weighted by Gasteiger charge is 2.17. The molecule has 6 heteroatoms. The first kappa shape index (κ1) is 18.1. The number of amides is 1. The Balaban J connectivity index is 1.87. The monoisotopic (exact) mass is 354 g/mol. The van der Waals surface area contributed by atoms with Gasteiger partial charge in [0.25, 0.3) is 5.91 Å². The number of rotatable bonds is 6. The molecule has 0 saturated heterocycles. The first-order chi connectivity index (χ1) is 12.5. The van der Waals surface area contributed by atoms with E-state index in [4.69, 9.17) is 0 Å². The Morgan fingerprint density at radius 3 is 2.54 bits per heavy atom. The molecule has 2 heterocycles. The van der Waals surface area contributed by atoms with E-state index in [-0.39, 0.29) is 11.7 Å². The molecular weight excluding hydrogens is 331 g/mol. The van der Waals surface area contributed by atoms with Gasteiger partial charge in [-0.3, -0.25) is 4.79 Å². The number of benzene rings is 1. The van der Waals surface area contributed by atoms with E-state index in [0.717, 1.165) is 18.5 Å². The third kappa shape index (κ3) is 3.91. The molecule has 136 valence electrons. The highest BCUT2D eigenvalue weighted by Crippen LogP contribution is 2.21. The van der Waals surface area contributed by atoms with Crippen LogP contribution >= 0.6 is 0 Å². The van der Waals surface area contributed by atoms with Gasteiger partial charge in [-0.1, -0.05) is 0 Å². The van der Waals surface area contributed by atoms with E-state index in [0.29, 0.717) is 23.4 Å². The molecule has 3 rings (SSSR count). The van der Waals surface area contributed by atoms with Crippen LogP contribution in [0.2, 0.25) is 0 Å². The highest BCUT2D eigenvalue weighted by molar-refractivity contribution is 6.00. The molecule has 0 aliphatic rings. The highest BCUT2D eigenvalue weighted by atomic mass is 19.1. The van der Waals surface area contributed by atoms with Crippen molar-refractivity contribution in [2.45, 2.75) is 6.42 Å². The summed E-state index contributed by atoms with van der Waals surface area (Å²) in [4.78, 5) is 21.3. The van der Waals surface area contributed by atoms with Gasteiger partial charge in [-0.15, -0.1) is 0 Å². The van der Waals surface area contributed by atoms with Crippen molar-refractivity contribution in [1.29, 1.82) is 0 Å². The molecule has 0 spiro atoms. The van der Waals surface area contributed by atoms with Crippen LogP contribution in [0.15, 0.2) is 48.8 Å². The van der Waals surface area contributed by atoms with Crippen LogP contribution in [0, 0.1) is 5.82 Å². The van der Waals surface area contributed by atoms with Gasteiger partial charge < -0.3 is 14.2 Å². The lowest BCUT2D eigenvalue weighted by molar-refractivity contribution is 0.0792. The first-order valence-electron chi connectivity index (χ1n) is 8.59. The average Bonchev–Trinajstić information content (AvgIpc) is 3.05. The minimum atomic E-state index is -0.285. The second-order valence-electron chi connectivity index (χ2n) is 6.67. The van der Waals surface area contributed by atoms with Crippen molar-refractivity contribution in [3.63, 3.8) is 0 Å². The molecule has 1 aromatic carbocycles. The summed E-state index contributed by atoms with van der Waals surface area (Å²) >= 11 is 0. The average molecular weight is 354 g/mol. The summed E-state index contributed by atoms with van der Waals surface area (Å²) in [5.74, 6) is -0.335. The molecule has 0 atom stereocenters. The van der Waals surface area contributed by atoms with E-state index in [2.05, 4.69) is 9.88 Å². The molecule has 3 aromatic rings. The van der Waals surface area contributed by atoms with Gasteiger partial charge >= 0.3 is 0 Å². The number of fused-ring (bicyclic) bond motifs is 1. The van der Waals surface area contributed by atoms with Crippen LogP contribution in [0.3, 0.4) is 0 Å². The molecule has 0 unspecified atom stereocenters. The fourth-order valence-electron chi connectivity index (χ4n) is 2.87. The smallest absolute Gasteiger partial charge is 0.257 e. The number of nitrogens with zero attached hydrogens (tertiary/aromatic N) is 4. The van der Waals surface area contributed by atoms with Crippen molar-refractivity contribution >= 4 is 11.6 Å². The number of pyridine rings is 1. The van der Waals surface area contributed by atoms with E-state index in [1.165, 1.54) is 12.1 Å². The largest absolute Gasteiger partial charge is 0.342 e. The zero-order valence-electron chi connectivity index (χ0n) is 15.3. The molecule has 0 aliphatic carbocycles. The summed E-state index contributed by atoms with van der Waals surface area (Å²) in [6, 6.07) is 9.82. The molecule has 0 N–H and O–H groups in total. The third-order valence-electron chi connectivity index (χ3n) is 4.30. The van der Waals surface area contributed by atoms with Crippen LogP contribution in [0.4, 0.5) is 4.39 Å². The third-order valence-corrected chi connectivity index (χ3v) is 4.30. The van der Waals surface area contributed by atoms with Gasteiger partial charge in [0.15, 0.2) is 0 Å². The van der Waals surface area contributed by atoms with E-state index in [1.54, 1.807) is 23.1 Å². The summed E-state index contributed by atoms with van der Waals surface area (Å²) in [7, 11) is 5.85. The first-order valence-corrected chi connectivity index (χ1v) is 8.59. The summed E-state index contributed by atoms with van der Waals surface area (Å²) in [5, 5.41) is 0. The second kappa shape index (κ2) is 7.66. The van der Waals surface area contributed by atoms with Gasteiger partial charge in [-0.25, -0.2) is 9.37 Å². The number of halogens is 1. The molecule has 0 aliphatic heterocycles. The number of aromatic nitrogens is 2. The van der Waals surface area contributed by atoms with Crippen molar-refractivity contribution in [2.24, 2.45) is 0 Å². The van der Waals surface area contributed by atoms with Crippen LogP contribution in [-0.4, -0.2) is 59.3 Å². The van der Waals surface area contributed by atoms with Crippen molar-refractivity contribution < 1.29 is 9.18 Å². The number of carbonyl (C=O) groups is 1. The van der Waals surface area contributed by atoms with Crippen LogP contribution in [0.5, 0.6) is 0 Å². The lowest BCUT2D eigenvalue weighted by Crippen LogP contribution is -2.30. The fourth-order valence-corrected chi connectivity index (χ4v) is 2.87.